The van der Waals surface area contributed by atoms with Gasteiger partial charge in [0.25, 0.3) is 5.91 Å². The Morgan fingerprint density at radius 1 is 1.32 bits per heavy atom. The van der Waals surface area contributed by atoms with Gasteiger partial charge < -0.3 is 10.4 Å². The van der Waals surface area contributed by atoms with Gasteiger partial charge in [0, 0.05) is 15.6 Å². The SMILES string of the molecule is C=C(C)C[C@H](NC(=O)c1cc(Cl)cc(Cl)c1)C(=O)O. The number of hydrogen-bond donors (Lipinski definition) is 2. The van der Waals surface area contributed by atoms with Crippen LogP contribution in [-0.2, 0) is 4.79 Å². The smallest absolute Gasteiger partial charge is 0.326 e. The van der Waals surface area contributed by atoms with E-state index in [1.807, 2.05) is 0 Å². The molecule has 0 bridgehead atoms. The van der Waals surface area contributed by atoms with Crippen molar-refractivity contribution in [2.24, 2.45) is 0 Å². The number of halogens is 2. The highest BCUT2D eigenvalue weighted by Gasteiger charge is 2.20. The van der Waals surface area contributed by atoms with Crippen molar-refractivity contribution in [3.8, 4) is 0 Å². The number of benzene rings is 1. The van der Waals surface area contributed by atoms with Crippen molar-refractivity contribution in [2.75, 3.05) is 0 Å². The lowest BCUT2D eigenvalue weighted by atomic mass is 10.1. The first-order valence-corrected chi connectivity index (χ1v) is 6.19. The lowest BCUT2D eigenvalue weighted by Crippen LogP contribution is -2.40. The zero-order valence-corrected chi connectivity index (χ0v) is 11.8. The summed E-state index contributed by atoms with van der Waals surface area (Å²) in [6.45, 7) is 5.32. The molecule has 0 aliphatic rings. The number of amides is 1. The Morgan fingerprint density at radius 3 is 2.26 bits per heavy atom. The fourth-order valence-electron chi connectivity index (χ4n) is 1.48. The Labute approximate surface area is 121 Å². The lowest BCUT2D eigenvalue weighted by Gasteiger charge is -2.14. The third-order valence-corrected chi connectivity index (χ3v) is 2.72. The summed E-state index contributed by atoms with van der Waals surface area (Å²) in [7, 11) is 0. The number of aliphatic carboxylic acids is 1. The molecule has 2 N–H and O–H groups in total. The Morgan fingerprint density at radius 2 is 1.84 bits per heavy atom. The minimum Gasteiger partial charge on any atom is -0.480 e. The summed E-state index contributed by atoms with van der Waals surface area (Å²) in [5.41, 5.74) is 0.877. The number of carbonyl (C=O) groups is 2. The summed E-state index contributed by atoms with van der Waals surface area (Å²) in [6, 6.07) is 3.30. The van der Waals surface area contributed by atoms with Crippen molar-refractivity contribution in [2.45, 2.75) is 19.4 Å². The van der Waals surface area contributed by atoms with E-state index in [9.17, 15) is 9.59 Å². The number of carbonyl (C=O) groups excluding carboxylic acids is 1. The molecule has 0 aliphatic heterocycles. The van der Waals surface area contributed by atoms with E-state index in [1.54, 1.807) is 6.92 Å². The molecule has 4 nitrogen and oxygen atoms in total. The number of nitrogens with one attached hydrogen (secondary N) is 1. The van der Waals surface area contributed by atoms with E-state index in [1.165, 1.54) is 18.2 Å². The van der Waals surface area contributed by atoms with Gasteiger partial charge in [0.15, 0.2) is 0 Å². The van der Waals surface area contributed by atoms with Gasteiger partial charge in [-0.1, -0.05) is 28.8 Å². The zero-order chi connectivity index (χ0) is 14.6. The maximum absolute atomic E-state index is 11.9. The van der Waals surface area contributed by atoms with Crippen LogP contribution in [0.4, 0.5) is 0 Å². The summed E-state index contributed by atoms with van der Waals surface area (Å²) in [6.07, 6.45) is 0.162. The normalized spacial score (nSPS) is 11.7. The molecule has 0 radical (unpaired) electrons. The fourth-order valence-corrected chi connectivity index (χ4v) is 2.00. The number of carboxylic acids is 1. The Bertz CT molecular complexity index is 508. The third kappa shape index (κ3) is 4.93. The average molecular weight is 302 g/mol. The van der Waals surface area contributed by atoms with Gasteiger partial charge in [-0.15, -0.1) is 6.58 Å². The maximum atomic E-state index is 11.9. The number of carboxylic acid groups (broad SMARTS) is 1. The van der Waals surface area contributed by atoms with Crippen molar-refractivity contribution < 1.29 is 14.7 Å². The first-order chi connectivity index (χ1) is 8.79. The zero-order valence-electron chi connectivity index (χ0n) is 10.2. The first kappa shape index (κ1) is 15.5. The second-order valence-electron chi connectivity index (χ2n) is 4.18. The van der Waals surface area contributed by atoms with Crippen molar-refractivity contribution in [3.05, 3.63) is 46.0 Å². The van der Waals surface area contributed by atoms with Crippen molar-refractivity contribution >= 4 is 35.1 Å². The number of hydrogen-bond acceptors (Lipinski definition) is 2. The Kier molecular flexibility index (Phi) is 5.39. The largest absolute Gasteiger partial charge is 0.480 e. The van der Waals surface area contributed by atoms with Crippen molar-refractivity contribution in [3.63, 3.8) is 0 Å². The van der Waals surface area contributed by atoms with Crippen molar-refractivity contribution in [1.29, 1.82) is 0 Å². The van der Waals surface area contributed by atoms with E-state index in [0.717, 1.165) is 0 Å². The second-order valence-corrected chi connectivity index (χ2v) is 5.06. The summed E-state index contributed by atoms with van der Waals surface area (Å²) < 4.78 is 0. The van der Waals surface area contributed by atoms with E-state index in [4.69, 9.17) is 28.3 Å². The van der Waals surface area contributed by atoms with E-state index in [-0.39, 0.29) is 12.0 Å². The highest BCUT2D eigenvalue weighted by Crippen LogP contribution is 2.19. The molecule has 0 fully saturated rings. The van der Waals surface area contributed by atoms with Gasteiger partial charge in [0.2, 0.25) is 0 Å². The quantitative estimate of drug-likeness (QED) is 0.821. The standard InChI is InChI=1S/C13H13Cl2NO3/c1-7(2)3-11(13(18)19)16-12(17)8-4-9(14)6-10(15)5-8/h4-6,11H,1,3H2,2H3,(H,16,17)(H,18,19)/t11-/m0/s1. The van der Waals surface area contributed by atoms with Crippen LogP contribution in [-0.4, -0.2) is 23.0 Å². The molecule has 1 aromatic rings. The monoisotopic (exact) mass is 301 g/mol. The highest BCUT2D eigenvalue weighted by molar-refractivity contribution is 6.35. The molecule has 1 amide bonds. The van der Waals surface area contributed by atoms with Gasteiger partial charge >= 0.3 is 5.97 Å². The maximum Gasteiger partial charge on any atom is 0.326 e. The third-order valence-electron chi connectivity index (χ3n) is 2.28. The van der Waals surface area contributed by atoms with Crippen LogP contribution >= 0.6 is 23.2 Å². The topological polar surface area (TPSA) is 66.4 Å². The van der Waals surface area contributed by atoms with Crippen LogP contribution in [0.3, 0.4) is 0 Å². The van der Waals surface area contributed by atoms with E-state index >= 15 is 0 Å². The predicted octanol–water partition coefficient (Wildman–Crippen LogP) is 3.14. The fraction of sp³-hybridized carbons (Fsp3) is 0.231. The molecule has 0 saturated heterocycles. The Balaban J connectivity index is 2.87. The van der Waals surface area contributed by atoms with Crippen LogP contribution in [0.1, 0.15) is 23.7 Å². The van der Waals surface area contributed by atoms with Crippen LogP contribution in [0, 0.1) is 0 Å². The minimum absolute atomic E-state index is 0.162. The molecule has 0 unspecified atom stereocenters. The lowest BCUT2D eigenvalue weighted by molar-refractivity contribution is -0.139. The minimum atomic E-state index is -1.12. The molecule has 1 aromatic carbocycles. The summed E-state index contributed by atoms with van der Waals surface area (Å²) in [4.78, 5) is 23.0. The van der Waals surface area contributed by atoms with Crippen LogP contribution in [0.15, 0.2) is 30.4 Å². The van der Waals surface area contributed by atoms with Crippen LogP contribution in [0.2, 0.25) is 10.0 Å². The summed E-state index contributed by atoms with van der Waals surface area (Å²) in [5, 5.41) is 12.0. The molecular formula is C13H13Cl2NO3. The van der Waals surface area contributed by atoms with Gasteiger partial charge in [-0.3, -0.25) is 4.79 Å². The first-order valence-electron chi connectivity index (χ1n) is 5.43. The second kappa shape index (κ2) is 6.59. The number of rotatable bonds is 5. The molecule has 1 rings (SSSR count). The van der Waals surface area contributed by atoms with Gasteiger partial charge in [-0.2, -0.15) is 0 Å². The molecular weight excluding hydrogens is 289 g/mol. The molecule has 19 heavy (non-hydrogen) atoms. The molecule has 0 aliphatic carbocycles. The molecule has 0 heterocycles. The predicted molar refractivity (Wildman–Crippen MR) is 74.8 cm³/mol. The molecule has 1 atom stereocenters. The van der Waals surface area contributed by atoms with E-state index in [0.29, 0.717) is 15.6 Å². The molecule has 6 heteroatoms. The van der Waals surface area contributed by atoms with Crippen LogP contribution in [0.25, 0.3) is 0 Å². The van der Waals surface area contributed by atoms with Gasteiger partial charge in [-0.25, -0.2) is 4.79 Å². The molecule has 102 valence electrons. The molecule has 0 aromatic heterocycles. The van der Waals surface area contributed by atoms with Crippen LogP contribution in [0.5, 0.6) is 0 Å². The van der Waals surface area contributed by atoms with Gasteiger partial charge in [-0.05, 0) is 31.5 Å². The summed E-state index contributed by atoms with van der Waals surface area (Å²) >= 11 is 11.6. The molecule has 0 saturated carbocycles. The van der Waals surface area contributed by atoms with E-state index < -0.39 is 17.9 Å². The van der Waals surface area contributed by atoms with Gasteiger partial charge in [0.1, 0.15) is 6.04 Å². The van der Waals surface area contributed by atoms with Crippen molar-refractivity contribution in [1.82, 2.24) is 5.32 Å². The molecule has 0 spiro atoms. The average Bonchev–Trinajstić information content (AvgIpc) is 2.25. The van der Waals surface area contributed by atoms with E-state index in [2.05, 4.69) is 11.9 Å². The Hall–Kier alpha value is -1.52. The van der Waals surface area contributed by atoms with Crippen LogP contribution < -0.4 is 5.32 Å². The summed E-state index contributed by atoms with van der Waals surface area (Å²) in [5.74, 6) is -1.66. The highest BCUT2D eigenvalue weighted by atomic mass is 35.5. The van der Waals surface area contributed by atoms with Gasteiger partial charge in [0.05, 0.1) is 0 Å².